The Morgan fingerprint density at radius 3 is 2.38 bits per heavy atom. The third-order valence-corrected chi connectivity index (χ3v) is 6.87. The van der Waals surface area contributed by atoms with Gasteiger partial charge < -0.3 is 9.84 Å². The van der Waals surface area contributed by atoms with Crippen LogP contribution < -0.4 is 4.90 Å². The Labute approximate surface area is 219 Å². The van der Waals surface area contributed by atoms with Gasteiger partial charge in [0.1, 0.15) is 5.82 Å². The Bertz CT molecular complexity index is 1330. The van der Waals surface area contributed by atoms with Crippen LogP contribution in [-0.2, 0) is 27.2 Å². The number of aliphatic carboxylic acids is 1. The fourth-order valence-electron chi connectivity index (χ4n) is 4.96. The molecule has 1 aliphatic heterocycles. The van der Waals surface area contributed by atoms with Crippen molar-refractivity contribution in [1.29, 1.82) is 0 Å². The second-order valence-electron chi connectivity index (χ2n) is 10.8. The normalized spacial score (nSPS) is 14.4. The number of benzene rings is 2. The van der Waals surface area contributed by atoms with Crippen molar-refractivity contribution in [2.24, 2.45) is 0 Å². The van der Waals surface area contributed by atoms with Crippen molar-refractivity contribution in [1.82, 2.24) is 4.98 Å². The highest BCUT2D eigenvalue weighted by Crippen LogP contribution is 2.43. The maximum atomic E-state index is 13.1. The summed E-state index contributed by atoms with van der Waals surface area (Å²) in [5, 5.41) is 10.4. The van der Waals surface area contributed by atoms with Crippen LogP contribution in [0.1, 0.15) is 66.8 Å². The number of fused-ring (bicyclic) bond motifs is 1. The molecule has 0 saturated heterocycles. The second kappa shape index (κ2) is 10.5. The van der Waals surface area contributed by atoms with Crippen LogP contribution >= 0.6 is 0 Å². The van der Waals surface area contributed by atoms with Crippen molar-refractivity contribution in [3.05, 3.63) is 82.0 Å². The molecule has 1 amide bonds. The standard InChI is InChI=1S/C31H36N2O4/c1-19-12-13-23(18-20(19)2)26-21(3)32-29-24(27(26)28(30(35)36)37-31(4,5)6)14-15-25(34)33(29)17-16-22-10-8-7-9-11-22/h7-13,18,28H,14-17H2,1-6H3,(H,35,36). The number of carbonyl (C=O) groups is 2. The molecule has 1 N–H and O–H groups in total. The van der Waals surface area contributed by atoms with Gasteiger partial charge in [0.05, 0.1) is 5.60 Å². The monoisotopic (exact) mass is 500 g/mol. The third-order valence-electron chi connectivity index (χ3n) is 6.87. The Hall–Kier alpha value is -3.51. The topological polar surface area (TPSA) is 79.7 Å². The molecule has 1 aliphatic rings. The van der Waals surface area contributed by atoms with E-state index in [9.17, 15) is 14.7 Å². The lowest BCUT2D eigenvalue weighted by atomic mass is 9.86. The molecule has 3 aromatic rings. The zero-order chi connectivity index (χ0) is 26.9. The summed E-state index contributed by atoms with van der Waals surface area (Å²) in [7, 11) is 0. The number of pyridine rings is 1. The SMILES string of the molecule is Cc1ccc(-c2c(C)nc3c(c2C(OC(C)(C)C)C(=O)O)CCC(=O)N3CCc2ccccc2)cc1C. The van der Waals surface area contributed by atoms with Gasteiger partial charge in [0, 0.05) is 35.3 Å². The highest BCUT2D eigenvalue weighted by Gasteiger charge is 2.37. The molecule has 0 radical (unpaired) electrons. The molecule has 0 bridgehead atoms. The van der Waals surface area contributed by atoms with E-state index in [2.05, 4.69) is 13.0 Å². The third kappa shape index (κ3) is 5.75. The summed E-state index contributed by atoms with van der Waals surface area (Å²) < 4.78 is 6.18. The Morgan fingerprint density at radius 2 is 1.76 bits per heavy atom. The van der Waals surface area contributed by atoms with Gasteiger partial charge in [0.15, 0.2) is 6.10 Å². The molecule has 0 fully saturated rings. The van der Waals surface area contributed by atoms with Gasteiger partial charge in [-0.05, 0) is 76.6 Å². The second-order valence-corrected chi connectivity index (χ2v) is 10.8. The number of aromatic nitrogens is 1. The highest BCUT2D eigenvalue weighted by atomic mass is 16.5. The number of carbonyl (C=O) groups excluding carboxylic acids is 1. The highest BCUT2D eigenvalue weighted by molar-refractivity contribution is 5.97. The molecule has 2 aromatic carbocycles. The van der Waals surface area contributed by atoms with E-state index in [1.165, 1.54) is 0 Å². The molecule has 194 valence electrons. The van der Waals surface area contributed by atoms with E-state index in [1.807, 2.05) is 77.1 Å². The Morgan fingerprint density at radius 1 is 1.05 bits per heavy atom. The van der Waals surface area contributed by atoms with Crippen LogP contribution in [0.15, 0.2) is 48.5 Å². The average Bonchev–Trinajstić information content (AvgIpc) is 2.83. The summed E-state index contributed by atoms with van der Waals surface area (Å²) >= 11 is 0. The molecular formula is C31H36N2O4. The number of rotatable bonds is 7. The molecule has 4 rings (SSSR count). The molecular weight excluding hydrogens is 464 g/mol. The minimum absolute atomic E-state index is 0.00354. The largest absolute Gasteiger partial charge is 0.479 e. The van der Waals surface area contributed by atoms with Crippen LogP contribution in [0.5, 0.6) is 0 Å². The molecule has 0 spiro atoms. The quantitative estimate of drug-likeness (QED) is 0.422. The first-order chi connectivity index (χ1) is 17.5. The van der Waals surface area contributed by atoms with Crippen molar-refractivity contribution in [3.63, 3.8) is 0 Å². The van der Waals surface area contributed by atoms with Gasteiger partial charge in [0.25, 0.3) is 0 Å². The number of carboxylic acid groups (broad SMARTS) is 1. The molecule has 1 aromatic heterocycles. The molecule has 1 atom stereocenters. The zero-order valence-electron chi connectivity index (χ0n) is 22.6. The Kier molecular flexibility index (Phi) is 7.51. The van der Waals surface area contributed by atoms with Crippen LogP contribution in [0.2, 0.25) is 0 Å². The van der Waals surface area contributed by atoms with Crippen LogP contribution in [0, 0.1) is 20.8 Å². The zero-order valence-corrected chi connectivity index (χ0v) is 22.6. The fourth-order valence-corrected chi connectivity index (χ4v) is 4.96. The molecule has 37 heavy (non-hydrogen) atoms. The van der Waals surface area contributed by atoms with E-state index >= 15 is 0 Å². The van der Waals surface area contributed by atoms with Gasteiger partial charge in [-0.25, -0.2) is 9.78 Å². The minimum atomic E-state index is -1.20. The van der Waals surface area contributed by atoms with Gasteiger partial charge in [-0.1, -0.05) is 48.5 Å². The average molecular weight is 501 g/mol. The van der Waals surface area contributed by atoms with E-state index in [-0.39, 0.29) is 5.91 Å². The van der Waals surface area contributed by atoms with Crippen LogP contribution in [0.3, 0.4) is 0 Å². The number of amides is 1. The number of aryl methyl sites for hydroxylation is 3. The van der Waals surface area contributed by atoms with E-state index in [4.69, 9.17) is 9.72 Å². The van der Waals surface area contributed by atoms with Crippen molar-refractivity contribution in [2.75, 3.05) is 11.4 Å². The number of ether oxygens (including phenoxy) is 1. The fraction of sp³-hybridized carbons (Fsp3) is 0.387. The molecule has 0 aliphatic carbocycles. The van der Waals surface area contributed by atoms with Crippen LogP contribution in [-0.4, -0.2) is 34.1 Å². The number of hydrogen-bond donors (Lipinski definition) is 1. The number of nitrogens with zero attached hydrogens (tertiary/aromatic N) is 2. The van der Waals surface area contributed by atoms with Crippen LogP contribution in [0.25, 0.3) is 11.1 Å². The number of anilines is 1. The molecule has 1 unspecified atom stereocenters. The lowest BCUT2D eigenvalue weighted by molar-refractivity contribution is -0.160. The van der Waals surface area contributed by atoms with Crippen molar-refractivity contribution >= 4 is 17.7 Å². The smallest absolute Gasteiger partial charge is 0.337 e. The minimum Gasteiger partial charge on any atom is -0.479 e. The number of hydrogen-bond acceptors (Lipinski definition) is 4. The summed E-state index contributed by atoms with van der Waals surface area (Å²) in [6.07, 6.45) is 0.208. The first-order valence-electron chi connectivity index (χ1n) is 12.8. The summed E-state index contributed by atoms with van der Waals surface area (Å²) in [6, 6.07) is 16.2. The molecule has 0 saturated carbocycles. The predicted molar refractivity (Wildman–Crippen MR) is 146 cm³/mol. The van der Waals surface area contributed by atoms with Gasteiger partial charge in [0.2, 0.25) is 5.91 Å². The van der Waals surface area contributed by atoms with E-state index < -0.39 is 17.7 Å². The van der Waals surface area contributed by atoms with Crippen molar-refractivity contribution < 1.29 is 19.4 Å². The van der Waals surface area contributed by atoms with Crippen molar-refractivity contribution in [3.8, 4) is 11.1 Å². The Balaban J connectivity index is 1.92. The first kappa shape index (κ1) is 26.6. The van der Waals surface area contributed by atoms with Gasteiger partial charge in [-0.3, -0.25) is 9.69 Å². The molecule has 6 nitrogen and oxygen atoms in total. The van der Waals surface area contributed by atoms with Crippen molar-refractivity contribution in [2.45, 2.75) is 72.5 Å². The van der Waals surface area contributed by atoms with Gasteiger partial charge in [-0.2, -0.15) is 0 Å². The van der Waals surface area contributed by atoms with Gasteiger partial charge >= 0.3 is 5.97 Å². The van der Waals surface area contributed by atoms with E-state index in [0.29, 0.717) is 42.9 Å². The lowest BCUT2D eigenvalue weighted by Gasteiger charge is -2.34. The first-order valence-corrected chi connectivity index (χ1v) is 12.8. The van der Waals surface area contributed by atoms with Gasteiger partial charge in [-0.15, -0.1) is 0 Å². The van der Waals surface area contributed by atoms with E-state index in [1.54, 1.807) is 4.90 Å². The summed E-state index contributed by atoms with van der Waals surface area (Å²) in [4.78, 5) is 32.5. The number of carboxylic acids is 1. The van der Waals surface area contributed by atoms with Crippen LogP contribution in [0.4, 0.5) is 5.82 Å². The predicted octanol–water partition coefficient (Wildman–Crippen LogP) is 6.14. The summed E-state index contributed by atoms with van der Waals surface area (Å²) in [5.41, 5.74) is 6.46. The van der Waals surface area contributed by atoms with E-state index in [0.717, 1.165) is 33.4 Å². The molecule has 6 heteroatoms. The molecule has 2 heterocycles. The maximum Gasteiger partial charge on any atom is 0.337 e. The summed E-state index contributed by atoms with van der Waals surface area (Å²) in [5.74, 6) is -0.500. The summed E-state index contributed by atoms with van der Waals surface area (Å²) in [6.45, 7) is 12.0. The maximum absolute atomic E-state index is 13.1. The lowest BCUT2D eigenvalue weighted by Crippen LogP contribution is -2.39.